The first kappa shape index (κ1) is 29.4. The number of piperazine rings is 1. The summed E-state index contributed by atoms with van der Waals surface area (Å²) in [5.74, 6) is 0.963. The van der Waals surface area contributed by atoms with Gasteiger partial charge in [-0.1, -0.05) is 51.1 Å². The topological polar surface area (TPSA) is 65.1 Å². The molecule has 1 saturated carbocycles. The second-order valence-corrected chi connectivity index (χ2v) is 13.6. The summed E-state index contributed by atoms with van der Waals surface area (Å²) in [5, 5.41) is 3.29. The van der Waals surface area contributed by atoms with Crippen molar-refractivity contribution in [1.82, 2.24) is 15.1 Å². The fourth-order valence-corrected chi connectivity index (χ4v) is 6.06. The number of piperidine rings is 1. The average Bonchev–Trinajstić information content (AvgIpc) is 3.81. The molecule has 3 fully saturated rings. The predicted octanol–water partition coefficient (Wildman–Crippen LogP) is 4.98. The van der Waals surface area contributed by atoms with E-state index < -0.39 is 5.60 Å². The number of amides is 2. The summed E-state index contributed by atoms with van der Waals surface area (Å²) in [4.78, 5) is 33.4. The Labute approximate surface area is 246 Å². The molecule has 5 rings (SSSR count). The lowest BCUT2D eigenvalue weighted by Crippen LogP contribution is -2.54. The first-order chi connectivity index (χ1) is 19.5. The molecule has 2 amide bonds. The summed E-state index contributed by atoms with van der Waals surface area (Å²) in [7, 11) is 0. The van der Waals surface area contributed by atoms with Crippen molar-refractivity contribution in [2.45, 2.75) is 83.9 Å². The highest BCUT2D eigenvalue weighted by molar-refractivity contribution is 5.85. The molecule has 1 unspecified atom stereocenters. The Morgan fingerprint density at radius 3 is 2.32 bits per heavy atom. The molecular formula is C34H48N4O3. The summed E-state index contributed by atoms with van der Waals surface area (Å²) in [6, 6.07) is 17.2. The number of hydrogen-bond donors (Lipinski definition) is 1. The normalized spacial score (nSPS) is 20.1. The van der Waals surface area contributed by atoms with Crippen molar-refractivity contribution in [3.05, 3.63) is 59.7 Å². The van der Waals surface area contributed by atoms with E-state index >= 15 is 0 Å². The Morgan fingerprint density at radius 2 is 1.66 bits per heavy atom. The third kappa shape index (κ3) is 7.24. The molecular weight excluding hydrogens is 512 g/mol. The molecule has 0 radical (unpaired) electrons. The number of rotatable bonds is 8. The van der Waals surface area contributed by atoms with Gasteiger partial charge in [0.25, 0.3) is 5.91 Å². The Kier molecular flexibility index (Phi) is 8.65. The zero-order chi connectivity index (χ0) is 29.2. The van der Waals surface area contributed by atoms with Crippen molar-refractivity contribution in [1.29, 1.82) is 0 Å². The fourth-order valence-electron chi connectivity index (χ4n) is 6.06. The van der Waals surface area contributed by atoms with Crippen molar-refractivity contribution in [2.24, 2.45) is 5.92 Å². The first-order valence-electron chi connectivity index (χ1n) is 15.5. The van der Waals surface area contributed by atoms with E-state index in [1.807, 2.05) is 36.9 Å². The standard InChI is InChI=1S/C34H48N4O3/c1-33(2,3)27-13-11-25(12-14-27)23-38(28-15-16-28)31(39)26-8-7-19-37(24-26)29-9-6-10-30(22-29)41-34(4,5)32(40)36-20-17-35-18-21-36/h6,9-14,22,26,28,35H,7-8,15-21,23-24H2,1-5H3. The molecule has 0 aromatic heterocycles. The van der Waals surface area contributed by atoms with E-state index in [4.69, 9.17) is 4.74 Å². The van der Waals surface area contributed by atoms with Gasteiger partial charge in [0, 0.05) is 63.6 Å². The lowest BCUT2D eigenvalue weighted by atomic mass is 9.86. The number of ether oxygens (including phenoxy) is 1. The summed E-state index contributed by atoms with van der Waals surface area (Å²) in [6.45, 7) is 15.7. The van der Waals surface area contributed by atoms with Crippen LogP contribution in [0.25, 0.3) is 0 Å². The van der Waals surface area contributed by atoms with Crippen molar-refractivity contribution < 1.29 is 14.3 Å². The van der Waals surface area contributed by atoms with E-state index in [-0.39, 0.29) is 23.1 Å². The van der Waals surface area contributed by atoms with Crippen LogP contribution in [0.3, 0.4) is 0 Å². The van der Waals surface area contributed by atoms with Crippen molar-refractivity contribution in [3.8, 4) is 5.75 Å². The average molecular weight is 561 g/mol. The molecule has 0 bridgehead atoms. The zero-order valence-electron chi connectivity index (χ0n) is 25.6. The van der Waals surface area contributed by atoms with E-state index in [0.29, 0.717) is 38.0 Å². The maximum Gasteiger partial charge on any atom is 0.266 e. The van der Waals surface area contributed by atoms with Crippen LogP contribution in [0.15, 0.2) is 48.5 Å². The SMILES string of the molecule is CC(C)(Oc1cccc(N2CCCC(C(=O)N(Cc3ccc(C(C)(C)C)cc3)C3CC3)C2)c1)C(=O)N1CCNCC1. The second kappa shape index (κ2) is 12.0. The van der Waals surface area contributed by atoms with Gasteiger partial charge in [-0.05, 0) is 68.2 Å². The number of carbonyl (C=O) groups excluding carboxylic acids is 2. The number of anilines is 1. The lowest BCUT2D eigenvalue weighted by molar-refractivity contribution is -0.146. The minimum atomic E-state index is -0.952. The molecule has 1 N–H and O–H groups in total. The van der Waals surface area contributed by atoms with Crippen molar-refractivity contribution in [3.63, 3.8) is 0 Å². The van der Waals surface area contributed by atoms with Crippen LogP contribution in [0.4, 0.5) is 5.69 Å². The largest absolute Gasteiger partial charge is 0.478 e. The Morgan fingerprint density at radius 1 is 0.951 bits per heavy atom. The Balaban J connectivity index is 1.24. The van der Waals surface area contributed by atoms with Crippen LogP contribution >= 0.6 is 0 Å². The maximum atomic E-state index is 13.9. The van der Waals surface area contributed by atoms with E-state index in [9.17, 15) is 9.59 Å². The van der Waals surface area contributed by atoms with Crippen molar-refractivity contribution >= 4 is 17.5 Å². The van der Waals surface area contributed by atoms with Gasteiger partial charge in [-0.25, -0.2) is 0 Å². The van der Waals surface area contributed by atoms with Gasteiger partial charge in [0.15, 0.2) is 5.60 Å². The monoisotopic (exact) mass is 560 g/mol. The van der Waals surface area contributed by atoms with Crippen LogP contribution in [-0.2, 0) is 21.5 Å². The molecule has 1 aliphatic carbocycles. The van der Waals surface area contributed by atoms with Gasteiger partial charge in [-0.15, -0.1) is 0 Å². The highest BCUT2D eigenvalue weighted by Gasteiger charge is 2.38. The number of carbonyl (C=O) groups is 2. The Bertz CT molecular complexity index is 1210. The number of nitrogens with zero attached hydrogens (tertiary/aromatic N) is 3. The molecule has 7 heteroatoms. The van der Waals surface area contributed by atoms with E-state index in [2.05, 4.69) is 66.2 Å². The molecule has 222 valence electrons. The minimum Gasteiger partial charge on any atom is -0.478 e. The zero-order valence-corrected chi connectivity index (χ0v) is 25.6. The summed E-state index contributed by atoms with van der Waals surface area (Å²) in [5.41, 5.74) is 2.73. The summed E-state index contributed by atoms with van der Waals surface area (Å²) in [6.07, 6.45) is 4.10. The quantitative estimate of drug-likeness (QED) is 0.493. The molecule has 2 aromatic carbocycles. The molecule has 2 saturated heterocycles. The third-order valence-corrected chi connectivity index (χ3v) is 8.69. The van der Waals surface area contributed by atoms with E-state index in [1.54, 1.807) is 0 Å². The number of nitrogens with one attached hydrogen (secondary N) is 1. The predicted molar refractivity (Wildman–Crippen MR) is 164 cm³/mol. The molecule has 2 heterocycles. The molecule has 0 spiro atoms. The second-order valence-electron chi connectivity index (χ2n) is 13.6. The number of benzene rings is 2. The van der Waals surface area contributed by atoms with E-state index in [0.717, 1.165) is 51.0 Å². The van der Waals surface area contributed by atoms with Gasteiger partial charge >= 0.3 is 0 Å². The van der Waals surface area contributed by atoms with Crippen LogP contribution in [0, 0.1) is 5.92 Å². The molecule has 3 aliphatic rings. The first-order valence-corrected chi connectivity index (χ1v) is 15.5. The van der Waals surface area contributed by atoms with Gasteiger partial charge < -0.3 is 24.8 Å². The minimum absolute atomic E-state index is 0.0150. The van der Waals surface area contributed by atoms with Gasteiger partial charge in [0.1, 0.15) is 5.75 Å². The molecule has 1 atom stereocenters. The third-order valence-electron chi connectivity index (χ3n) is 8.69. The van der Waals surface area contributed by atoms with E-state index in [1.165, 1.54) is 11.1 Å². The summed E-state index contributed by atoms with van der Waals surface area (Å²) < 4.78 is 6.28. The van der Waals surface area contributed by atoms with Crippen LogP contribution in [0.2, 0.25) is 0 Å². The van der Waals surface area contributed by atoms with Crippen LogP contribution in [0.1, 0.15) is 71.4 Å². The number of hydrogen-bond acceptors (Lipinski definition) is 5. The van der Waals surface area contributed by atoms with Gasteiger partial charge in [-0.2, -0.15) is 0 Å². The van der Waals surface area contributed by atoms with Gasteiger partial charge in [-0.3, -0.25) is 9.59 Å². The van der Waals surface area contributed by atoms with Crippen LogP contribution in [0.5, 0.6) is 5.75 Å². The lowest BCUT2D eigenvalue weighted by Gasteiger charge is -2.37. The molecule has 7 nitrogen and oxygen atoms in total. The fraction of sp³-hybridized carbons (Fsp3) is 0.588. The highest BCUT2D eigenvalue weighted by Crippen LogP contribution is 2.34. The van der Waals surface area contributed by atoms with Crippen molar-refractivity contribution in [2.75, 3.05) is 44.2 Å². The highest BCUT2D eigenvalue weighted by atomic mass is 16.5. The van der Waals surface area contributed by atoms with Crippen LogP contribution in [-0.4, -0.2) is 72.5 Å². The molecule has 41 heavy (non-hydrogen) atoms. The molecule has 2 aliphatic heterocycles. The smallest absolute Gasteiger partial charge is 0.266 e. The summed E-state index contributed by atoms with van der Waals surface area (Å²) >= 11 is 0. The van der Waals surface area contributed by atoms with Gasteiger partial charge in [0.05, 0.1) is 5.92 Å². The van der Waals surface area contributed by atoms with Crippen LogP contribution < -0.4 is 15.0 Å². The maximum absolute atomic E-state index is 13.9. The Hall–Kier alpha value is -3.06. The van der Waals surface area contributed by atoms with Gasteiger partial charge in [0.2, 0.25) is 5.91 Å². The molecule has 2 aromatic rings.